The van der Waals surface area contributed by atoms with E-state index in [1.807, 2.05) is 0 Å². The Kier molecular flexibility index (Phi) is 4.49. The minimum atomic E-state index is -0.511. The van der Waals surface area contributed by atoms with Crippen molar-refractivity contribution in [3.05, 3.63) is 27.1 Å². The van der Waals surface area contributed by atoms with Crippen molar-refractivity contribution >= 4 is 22.3 Å². The molecule has 2 atom stereocenters. The third-order valence-electron chi connectivity index (χ3n) is 3.19. The molecule has 2 rings (SSSR count). The molecular formula is C12H15NO5S. The fourth-order valence-corrected chi connectivity index (χ4v) is 2.86. The summed E-state index contributed by atoms with van der Waals surface area (Å²) in [7, 11) is 1.65. The first-order chi connectivity index (χ1) is 9.10. The van der Waals surface area contributed by atoms with Gasteiger partial charge in [0.1, 0.15) is 6.10 Å². The van der Waals surface area contributed by atoms with Gasteiger partial charge >= 0.3 is 11.0 Å². The molecule has 0 saturated heterocycles. The van der Waals surface area contributed by atoms with E-state index in [4.69, 9.17) is 9.47 Å². The van der Waals surface area contributed by atoms with Crippen LogP contribution in [0.25, 0.3) is 0 Å². The Morgan fingerprint density at radius 1 is 1.47 bits per heavy atom. The molecule has 0 aromatic carbocycles. The number of esters is 1. The Morgan fingerprint density at radius 3 is 2.84 bits per heavy atom. The van der Waals surface area contributed by atoms with Gasteiger partial charge in [0.15, 0.2) is 0 Å². The summed E-state index contributed by atoms with van der Waals surface area (Å²) in [5, 5.41) is 12.0. The van der Waals surface area contributed by atoms with Crippen LogP contribution in [0.2, 0.25) is 0 Å². The zero-order chi connectivity index (χ0) is 13.8. The highest BCUT2D eigenvalue weighted by Gasteiger charge is 2.26. The van der Waals surface area contributed by atoms with Gasteiger partial charge in [-0.2, -0.15) is 0 Å². The number of hydrogen-bond acceptors (Lipinski definition) is 6. The fraction of sp³-hybridized carbons (Fsp3) is 0.583. The fourth-order valence-electron chi connectivity index (χ4n) is 2.17. The highest BCUT2D eigenvalue weighted by Crippen LogP contribution is 2.26. The van der Waals surface area contributed by atoms with Crippen molar-refractivity contribution in [2.45, 2.75) is 37.9 Å². The first-order valence-corrected chi connectivity index (χ1v) is 6.95. The number of methoxy groups -OCH3 is 1. The molecule has 0 unspecified atom stereocenters. The Bertz CT molecular complexity index is 472. The van der Waals surface area contributed by atoms with Crippen molar-refractivity contribution in [2.75, 3.05) is 7.11 Å². The van der Waals surface area contributed by atoms with Crippen molar-refractivity contribution in [2.24, 2.45) is 0 Å². The quantitative estimate of drug-likeness (QED) is 0.483. The third kappa shape index (κ3) is 3.51. The van der Waals surface area contributed by atoms with Crippen molar-refractivity contribution in [1.82, 2.24) is 0 Å². The maximum absolute atomic E-state index is 11.9. The van der Waals surface area contributed by atoms with Crippen LogP contribution in [0, 0.1) is 10.1 Å². The second kappa shape index (κ2) is 6.12. The van der Waals surface area contributed by atoms with E-state index in [1.165, 1.54) is 11.4 Å². The number of ether oxygens (including phenoxy) is 2. The Labute approximate surface area is 114 Å². The molecule has 0 aliphatic heterocycles. The van der Waals surface area contributed by atoms with Gasteiger partial charge in [-0.05, 0) is 19.3 Å². The standard InChI is InChI=1S/C12H15NO5S/c1-17-9-3-2-4-10(6-9)18-12(14)8-5-11(13(15)16)19-7-8/h5,7,9-10H,2-4,6H2,1H3/t9-,10-/m0/s1. The number of nitro groups is 1. The molecule has 104 valence electrons. The van der Waals surface area contributed by atoms with Gasteiger partial charge in [0, 0.05) is 25.0 Å². The molecule has 0 amide bonds. The van der Waals surface area contributed by atoms with Crippen molar-refractivity contribution < 1.29 is 19.2 Å². The molecule has 1 aromatic heterocycles. The molecule has 1 aliphatic carbocycles. The van der Waals surface area contributed by atoms with E-state index in [0.29, 0.717) is 6.42 Å². The Balaban J connectivity index is 1.94. The second-order valence-corrected chi connectivity index (χ2v) is 5.37. The van der Waals surface area contributed by atoms with Crippen LogP contribution in [0.5, 0.6) is 0 Å². The summed E-state index contributed by atoms with van der Waals surface area (Å²) in [5.41, 5.74) is 0.247. The van der Waals surface area contributed by atoms with Gasteiger partial charge in [0.05, 0.1) is 16.6 Å². The Morgan fingerprint density at radius 2 is 2.21 bits per heavy atom. The van der Waals surface area contributed by atoms with Gasteiger partial charge in [-0.25, -0.2) is 4.79 Å². The number of rotatable bonds is 4. The van der Waals surface area contributed by atoms with Gasteiger partial charge in [0.2, 0.25) is 0 Å². The highest BCUT2D eigenvalue weighted by molar-refractivity contribution is 7.13. The average Bonchev–Trinajstić information content (AvgIpc) is 2.89. The summed E-state index contributed by atoms with van der Waals surface area (Å²) in [5.74, 6) is -0.494. The topological polar surface area (TPSA) is 78.7 Å². The van der Waals surface area contributed by atoms with Crippen LogP contribution in [0.1, 0.15) is 36.0 Å². The van der Waals surface area contributed by atoms with E-state index in [1.54, 1.807) is 7.11 Å². The molecule has 0 spiro atoms. The van der Waals surface area contributed by atoms with Gasteiger partial charge in [-0.15, -0.1) is 0 Å². The van der Waals surface area contributed by atoms with Crippen LogP contribution in [-0.4, -0.2) is 30.2 Å². The van der Waals surface area contributed by atoms with Crippen molar-refractivity contribution in [3.8, 4) is 0 Å². The molecule has 1 fully saturated rings. The van der Waals surface area contributed by atoms with E-state index in [0.717, 1.165) is 30.6 Å². The van der Waals surface area contributed by atoms with E-state index in [9.17, 15) is 14.9 Å². The number of carbonyl (C=O) groups is 1. The lowest BCUT2D eigenvalue weighted by Crippen LogP contribution is -2.29. The Hall–Kier alpha value is -1.47. The molecule has 0 bridgehead atoms. The van der Waals surface area contributed by atoms with Crippen LogP contribution in [0.4, 0.5) is 5.00 Å². The normalized spacial score (nSPS) is 23.0. The largest absolute Gasteiger partial charge is 0.459 e. The zero-order valence-corrected chi connectivity index (χ0v) is 11.4. The minimum absolute atomic E-state index is 0.0506. The second-order valence-electron chi connectivity index (χ2n) is 4.48. The lowest BCUT2D eigenvalue weighted by molar-refractivity contribution is -0.380. The molecule has 0 radical (unpaired) electrons. The van der Waals surface area contributed by atoms with Gasteiger partial charge in [-0.3, -0.25) is 10.1 Å². The maximum atomic E-state index is 11.9. The minimum Gasteiger partial charge on any atom is -0.459 e. The summed E-state index contributed by atoms with van der Waals surface area (Å²) in [4.78, 5) is 21.9. The number of nitrogens with zero attached hydrogens (tertiary/aromatic N) is 1. The molecule has 1 heterocycles. The van der Waals surface area contributed by atoms with Crippen molar-refractivity contribution in [3.63, 3.8) is 0 Å². The van der Waals surface area contributed by atoms with Gasteiger partial charge in [-0.1, -0.05) is 11.3 Å². The average molecular weight is 285 g/mol. The SMILES string of the molecule is CO[C@H]1CCC[C@H](OC(=O)c2csc([N+](=O)[O-])c2)C1. The molecule has 1 saturated carbocycles. The number of hydrogen-bond donors (Lipinski definition) is 0. The highest BCUT2D eigenvalue weighted by atomic mass is 32.1. The first kappa shape index (κ1) is 14.0. The van der Waals surface area contributed by atoms with Crippen LogP contribution in [-0.2, 0) is 9.47 Å². The molecule has 6 nitrogen and oxygen atoms in total. The van der Waals surface area contributed by atoms with Crippen LogP contribution < -0.4 is 0 Å². The maximum Gasteiger partial charge on any atom is 0.339 e. The van der Waals surface area contributed by atoms with Crippen LogP contribution in [0.15, 0.2) is 11.4 Å². The molecule has 0 N–H and O–H groups in total. The molecular weight excluding hydrogens is 270 g/mol. The van der Waals surface area contributed by atoms with E-state index in [-0.39, 0.29) is 22.8 Å². The van der Waals surface area contributed by atoms with Crippen LogP contribution >= 0.6 is 11.3 Å². The molecule has 1 aliphatic rings. The summed E-state index contributed by atoms with van der Waals surface area (Å²) in [6, 6.07) is 1.25. The smallest absolute Gasteiger partial charge is 0.339 e. The lowest BCUT2D eigenvalue weighted by atomic mass is 9.95. The van der Waals surface area contributed by atoms with E-state index >= 15 is 0 Å². The van der Waals surface area contributed by atoms with Gasteiger partial charge < -0.3 is 9.47 Å². The predicted molar refractivity (Wildman–Crippen MR) is 69.4 cm³/mol. The first-order valence-electron chi connectivity index (χ1n) is 6.07. The number of thiophene rings is 1. The lowest BCUT2D eigenvalue weighted by Gasteiger charge is -2.27. The monoisotopic (exact) mass is 285 g/mol. The van der Waals surface area contributed by atoms with E-state index in [2.05, 4.69) is 0 Å². The zero-order valence-electron chi connectivity index (χ0n) is 10.5. The summed E-state index contributed by atoms with van der Waals surface area (Å²) < 4.78 is 10.6. The molecule has 1 aromatic rings. The predicted octanol–water partition coefficient (Wildman–Crippen LogP) is 2.77. The number of carbonyl (C=O) groups excluding carboxylic acids is 1. The third-order valence-corrected chi connectivity index (χ3v) is 4.07. The molecule has 19 heavy (non-hydrogen) atoms. The van der Waals surface area contributed by atoms with Crippen LogP contribution in [0.3, 0.4) is 0 Å². The summed E-state index contributed by atoms with van der Waals surface area (Å²) in [6.45, 7) is 0. The van der Waals surface area contributed by atoms with E-state index < -0.39 is 10.9 Å². The van der Waals surface area contributed by atoms with Crippen molar-refractivity contribution in [1.29, 1.82) is 0 Å². The molecule has 7 heteroatoms. The summed E-state index contributed by atoms with van der Waals surface area (Å²) in [6.07, 6.45) is 3.41. The summed E-state index contributed by atoms with van der Waals surface area (Å²) >= 11 is 0.928. The van der Waals surface area contributed by atoms with Gasteiger partial charge in [0.25, 0.3) is 0 Å².